The van der Waals surface area contributed by atoms with E-state index in [1.807, 2.05) is 6.92 Å². The van der Waals surface area contributed by atoms with Crippen LogP contribution < -0.4 is 0 Å². The number of hydrogen-bond acceptors (Lipinski definition) is 4. The van der Waals surface area contributed by atoms with E-state index in [0.717, 1.165) is 38.9 Å². The molecule has 1 heterocycles. The van der Waals surface area contributed by atoms with Gasteiger partial charge < -0.3 is 14.2 Å². The summed E-state index contributed by atoms with van der Waals surface area (Å²) < 4.78 is 16.5. The Bertz CT molecular complexity index is 278. The van der Waals surface area contributed by atoms with Gasteiger partial charge in [-0.15, -0.1) is 0 Å². The van der Waals surface area contributed by atoms with E-state index in [2.05, 4.69) is 15.9 Å². The maximum atomic E-state index is 11.7. The molecule has 1 aliphatic heterocycles. The molecule has 1 saturated carbocycles. The molecule has 0 aromatic rings. The van der Waals surface area contributed by atoms with E-state index >= 15 is 0 Å². The zero-order valence-corrected chi connectivity index (χ0v) is 12.4. The molecule has 2 aliphatic rings. The van der Waals surface area contributed by atoms with Crippen molar-refractivity contribution in [3.63, 3.8) is 0 Å². The fraction of sp³-hybridized carbons (Fsp3) is 0.923. The minimum atomic E-state index is -0.0833. The molecule has 3 unspecified atom stereocenters. The molecular weight excluding hydrogens is 300 g/mol. The van der Waals surface area contributed by atoms with Gasteiger partial charge in [-0.2, -0.15) is 0 Å². The first-order valence-electron chi connectivity index (χ1n) is 6.74. The van der Waals surface area contributed by atoms with Crippen LogP contribution in [0, 0.1) is 5.92 Å². The summed E-state index contributed by atoms with van der Waals surface area (Å²) in [6, 6.07) is 0. The summed E-state index contributed by atoms with van der Waals surface area (Å²) in [5.74, 6) is -0.0980. The molecule has 104 valence electrons. The van der Waals surface area contributed by atoms with Crippen LogP contribution in [0.2, 0.25) is 0 Å². The van der Waals surface area contributed by atoms with Crippen LogP contribution in [0.15, 0.2) is 0 Å². The number of halogens is 1. The summed E-state index contributed by atoms with van der Waals surface area (Å²) in [5, 5.41) is 0. The van der Waals surface area contributed by atoms with Crippen LogP contribution in [0.4, 0.5) is 0 Å². The van der Waals surface area contributed by atoms with Gasteiger partial charge in [0.15, 0.2) is 0 Å². The molecule has 0 aromatic carbocycles. The fourth-order valence-corrected chi connectivity index (χ4v) is 3.39. The van der Waals surface area contributed by atoms with E-state index in [4.69, 9.17) is 14.2 Å². The normalized spacial score (nSPS) is 33.6. The highest BCUT2D eigenvalue weighted by molar-refractivity contribution is 9.09. The third kappa shape index (κ3) is 3.68. The summed E-state index contributed by atoms with van der Waals surface area (Å²) in [5.41, 5.74) is 0. The number of hydrogen-bond donors (Lipinski definition) is 0. The Hall–Kier alpha value is -0.130. The lowest BCUT2D eigenvalue weighted by Crippen LogP contribution is -2.30. The number of ether oxygens (including phenoxy) is 3. The number of esters is 1. The van der Waals surface area contributed by atoms with Crippen LogP contribution >= 0.6 is 15.9 Å². The molecule has 0 aromatic heterocycles. The first-order chi connectivity index (χ1) is 8.70. The highest BCUT2D eigenvalue weighted by Crippen LogP contribution is 2.35. The standard InChI is InChI=1S/C13H21BrO4/c1-2-17-13(15)9-7-11(14)12(8-9)18-10-3-5-16-6-4-10/h9-12H,2-8H2,1H3. The molecule has 18 heavy (non-hydrogen) atoms. The predicted octanol–water partition coefficient (Wildman–Crippen LogP) is 2.29. The highest BCUT2D eigenvalue weighted by Gasteiger charge is 2.39. The van der Waals surface area contributed by atoms with Crippen LogP contribution in [0.5, 0.6) is 0 Å². The Balaban J connectivity index is 1.81. The first-order valence-corrected chi connectivity index (χ1v) is 7.66. The maximum Gasteiger partial charge on any atom is 0.309 e. The van der Waals surface area contributed by atoms with Crippen molar-refractivity contribution in [1.29, 1.82) is 0 Å². The average molecular weight is 321 g/mol. The van der Waals surface area contributed by atoms with Gasteiger partial charge in [-0.1, -0.05) is 15.9 Å². The van der Waals surface area contributed by atoms with Gasteiger partial charge in [-0.3, -0.25) is 4.79 Å². The van der Waals surface area contributed by atoms with Crippen molar-refractivity contribution in [1.82, 2.24) is 0 Å². The summed E-state index contributed by atoms with van der Waals surface area (Å²) in [4.78, 5) is 12.0. The minimum Gasteiger partial charge on any atom is -0.466 e. The molecule has 3 atom stereocenters. The Kier molecular flexibility index (Phi) is 5.45. The molecule has 0 bridgehead atoms. The molecule has 0 N–H and O–H groups in total. The monoisotopic (exact) mass is 320 g/mol. The molecule has 2 rings (SSSR count). The lowest BCUT2D eigenvalue weighted by atomic mass is 10.1. The van der Waals surface area contributed by atoms with Crippen LogP contribution in [0.3, 0.4) is 0 Å². The molecule has 4 nitrogen and oxygen atoms in total. The molecule has 0 radical (unpaired) electrons. The molecule has 0 spiro atoms. The Morgan fingerprint density at radius 3 is 2.72 bits per heavy atom. The minimum absolute atomic E-state index is 0.0147. The molecule has 2 fully saturated rings. The highest BCUT2D eigenvalue weighted by atomic mass is 79.9. The molecule has 0 amide bonds. The van der Waals surface area contributed by atoms with Crippen LogP contribution in [0.25, 0.3) is 0 Å². The second-order valence-electron chi connectivity index (χ2n) is 4.92. The van der Waals surface area contributed by atoms with Crippen LogP contribution in [0.1, 0.15) is 32.6 Å². The summed E-state index contributed by atoms with van der Waals surface area (Å²) in [6.07, 6.45) is 3.91. The van der Waals surface area contributed by atoms with Gasteiger partial charge in [-0.25, -0.2) is 0 Å². The van der Waals surface area contributed by atoms with E-state index < -0.39 is 0 Å². The molecule has 5 heteroatoms. The second kappa shape index (κ2) is 6.87. The van der Waals surface area contributed by atoms with Crippen molar-refractivity contribution >= 4 is 21.9 Å². The van der Waals surface area contributed by atoms with Crippen LogP contribution in [-0.4, -0.2) is 42.8 Å². The Morgan fingerprint density at radius 1 is 1.33 bits per heavy atom. The van der Waals surface area contributed by atoms with Gasteiger partial charge in [0.05, 0.1) is 24.7 Å². The number of carbonyl (C=O) groups is 1. The van der Waals surface area contributed by atoms with Gasteiger partial charge in [0.2, 0.25) is 0 Å². The van der Waals surface area contributed by atoms with E-state index in [-0.39, 0.29) is 28.9 Å². The number of rotatable bonds is 4. The summed E-state index contributed by atoms with van der Waals surface area (Å²) in [6.45, 7) is 3.86. The van der Waals surface area contributed by atoms with Gasteiger partial charge in [0.25, 0.3) is 0 Å². The quantitative estimate of drug-likeness (QED) is 0.589. The third-order valence-electron chi connectivity index (χ3n) is 3.59. The van der Waals surface area contributed by atoms with Crippen molar-refractivity contribution in [3.05, 3.63) is 0 Å². The smallest absolute Gasteiger partial charge is 0.309 e. The van der Waals surface area contributed by atoms with E-state index in [0.29, 0.717) is 6.61 Å². The molecule has 1 saturated heterocycles. The summed E-state index contributed by atoms with van der Waals surface area (Å²) >= 11 is 3.63. The number of carbonyl (C=O) groups excluding carboxylic acids is 1. The first kappa shape index (κ1) is 14.3. The lowest BCUT2D eigenvalue weighted by molar-refractivity contribution is -0.148. The van der Waals surface area contributed by atoms with Crippen molar-refractivity contribution in [2.75, 3.05) is 19.8 Å². The summed E-state index contributed by atoms with van der Waals surface area (Å²) in [7, 11) is 0. The maximum absolute atomic E-state index is 11.7. The molecular formula is C13H21BrO4. The van der Waals surface area contributed by atoms with Crippen molar-refractivity contribution in [2.45, 2.75) is 49.6 Å². The third-order valence-corrected chi connectivity index (χ3v) is 4.55. The zero-order valence-electron chi connectivity index (χ0n) is 10.8. The average Bonchev–Trinajstić information content (AvgIpc) is 2.73. The van der Waals surface area contributed by atoms with Crippen molar-refractivity contribution < 1.29 is 19.0 Å². The van der Waals surface area contributed by atoms with Gasteiger partial charge in [0, 0.05) is 18.0 Å². The lowest BCUT2D eigenvalue weighted by Gasteiger charge is -2.27. The topological polar surface area (TPSA) is 44.8 Å². The predicted molar refractivity (Wildman–Crippen MR) is 70.8 cm³/mol. The molecule has 1 aliphatic carbocycles. The zero-order chi connectivity index (χ0) is 13.0. The SMILES string of the molecule is CCOC(=O)C1CC(Br)C(OC2CCOCC2)C1. The van der Waals surface area contributed by atoms with Crippen LogP contribution in [-0.2, 0) is 19.0 Å². The van der Waals surface area contributed by atoms with Gasteiger partial charge in [0.1, 0.15) is 0 Å². The van der Waals surface area contributed by atoms with E-state index in [1.165, 1.54) is 0 Å². The Morgan fingerprint density at radius 2 is 2.06 bits per heavy atom. The van der Waals surface area contributed by atoms with Gasteiger partial charge in [-0.05, 0) is 32.6 Å². The van der Waals surface area contributed by atoms with E-state index in [9.17, 15) is 4.79 Å². The Labute approximate surface area is 116 Å². The van der Waals surface area contributed by atoms with Gasteiger partial charge >= 0.3 is 5.97 Å². The number of alkyl halides is 1. The second-order valence-corrected chi connectivity index (χ2v) is 6.10. The van der Waals surface area contributed by atoms with Crippen molar-refractivity contribution in [2.24, 2.45) is 5.92 Å². The fourth-order valence-electron chi connectivity index (χ4n) is 2.60. The van der Waals surface area contributed by atoms with E-state index in [1.54, 1.807) is 0 Å². The largest absolute Gasteiger partial charge is 0.466 e. The van der Waals surface area contributed by atoms with Crippen molar-refractivity contribution in [3.8, 4) is 0 Å².